The van der Waals surface area contributed by atoms with E-state index >= 15 is 0 Å². The van der Waals surface area contributed by atoms with Crippen molar-refractivity contribution in [3.8, 4) is 16.9 Å². The van der Waals surface area contributed by atoms with Gasteiger partial charge < -0.3 is 4.74 Å². The maximum atomic E-state index is 5.23. The first-order valence-electron chi connectivity index (χ1n) is 4.98. The molecule has 0 spiro atoms. The molecular weight excluding hydrogens is 266 g/mol. The summed E-state index contributed by atoms with van der Waals surface area (Å²) in [5, 5.41) is 4.59. The fourth-order valence-corrected chi connectivity index (χ4v) is 2.38. The number of nitrogens with zero attached hydrogens (tertiary/aromatic N) is 1. The first-order valence-corrected chi connectivity index (χ1v) is 5.77. The Morgan fingerprint density at radius 3 is 2.81 bits per heavy atom. The van der Waals surface area contributed by atoms with Gasteiger partial charge in [0.25, 0.3) is 0 Å². The molecule has 0 aliphatic carbocycles. The number of benzene rings is 2. The van der Waals surface area contributed by atoms with Crippen LogP contribution in [0, 0.1) is 0 Å². The predicted molar refractivity (Wildman–Crippen MR) is 67.6 cm³/mol. The van der Waals surface area contributed by atoms with Gasteiger partial charge in [0.1, 0.15) is 5.75 Å². The summed E-state index contributed by atoms with van der Waals surface area (Å²) in [6, 6.07) is 12.0. The third-order valence-corrected chi connectivity index (χ3v) is 3.35. The molecule has 3 heteroatoms. The molecule has 0 saturated carbocycles. The number of fused-ring (bicyclic) bond motifs is 3. The van der Waals surface area contributed by atoms with Crippen molar-refractivity contribution < 1.29 is 4.74 Å². The monoisotopic (exact) mass is 274 g/mol. The van der Waals surface area contributed by atoms with E-state index in [4.69, 9.17) is 4.74 Å². The normalized spacial score (nSPS) is 11.6. The van der Waals surface area contributed by atoms with Crippen molar-refractivity contribution in [3.05, 3.63) is 40.9 Å². The number of halogens is 1. The van der Waals surface area contributed by atoms with Gasteiger partial charge in [0, 0.05) is 15.6 Å². The quantitative estimate of drug-likeness (QED) is 0.658. The Morgan fingerprint density at radius 2 is 2.00 bits per heavy atom. The second kappa shape index (κ2) is 3.52. The zero-order valence-corrected chi connectivity index (χ0v) is 10.3. The number of para-hydroxylation sites is 1. The van der Waals surface area contributed by atoms with Crippen LogP contribution in [0.25, 0.3) is 11.1 Å². The Morgan fingerprint density at radius 1 is 1.12 bits per heavy atom. The van der Waals surface area contributed by atoms with E-state index in [0.29, 0.717) is 0 Å². The largest absolute Gasteiger partial charge is 0.497 e. The van der Waals surface area contributed by atoms with E-state index in [-0.39, 0.29) is 0 Å². The average Bonchev–Trinajstić information content (AvgIpc) is 2.68. The Bertz CT molecular complexity index is 566. The van der Waals surface area contributed by atoms with Gasteiger partial charge in [-0.2, -0.15) is 0 Å². The minimum absolute atomic E-state index is 0.863. The van der Waals surface area contributed by atoms with E-state index in [1.165, 1.54) is 0 Å². The first kappa shape index (κ1) is 9.73. The van der Waals surface area contributed by atoms with Crippen LogP contribution < -0.4 is 10.1 Å². The van der Waals surface area contributed by atoms with E-state index in [9.17, 15) is 0 Å². The molecule has 0 aromatic heterocycles. The van der Waals surface area contributed by atoms with E-state index < -0.39 is 0 Å². The number of ether oxygens (including phenoxy) is 1. The summed E-state index contributed by atoms with van der Waals surface area (Å²) in [4.78, 5) is 0. The van der Waals surface area contributed by atoms with Gasteiger partial charge in [-0.25, -0.2) is 5.32 Å². The molecule has 3 rings (SSSR count). The standard InChI is InChI=1S/C13H9BrNO/c1-16-8-5-6-12-10(7-8)9-3-2-4-11(14)13(9)15-12/h2-7H,1H3. The number of rotatable bonds is 1. The summed E-state index contributed by atoms with van der Waals surface area (Å²) in [6.07, 6.45) is 0. The Kier molecular flexibility index (Phi) is 2.14. The highest BCUT2D eigenvalue weighted by Gasteiger charge is 2.21. The molecule has 2 nitrogen and oxygen atoms in total. The Labute approximate surface area is 102 Å². The number of hydrogen-bond donors (Lipinski definition) is 0. The minimum atomic E-state index is 0.863. The molecule has 0 unspecified atom stereocenters. The first-order chi connectivity index (χ1) is 7.79. The maximum absolute atomic E-state index is 5.23. The topological polar surface area (TPSA) is 23.3 Å². The van der Waals surface area contributed by atoms with Gasteiger partial charge in [-0.3, -0.25) is 0 Å². The van der Waals surface area contributed by atoms with Gasteiger partial charge in [-0.1, -0.05) is 12.1 Å². The van der Waals surface area contributed by atoms with Crippen LogP contribution in [-0.2, 0) is 0 Å². The summed E-state index contributed by atoms with van der Waals surface area (Å²) in [5.41, 5.74) is 4.30. The van der Waals surface area contributed by atoms with Crippen LogP contribution in [0.1, 0.15) is 0 Å². The maximum Gasteiger partial charge on any atom is 0.119 e. The van der Waals surface area contributed by atoms with E-state index in [2.05, 4.69) is 27.3 Å². The molecule has 1 radical (unpaired) electrons. The lowest BCUT2D eigenvalue weighted by Gasteiger charge is -2.02. The van der Waals surface area contributed by atoms with Crippen LogP contribution in [-0.4, -0.2) is 7.11 Å². The summed E-state index contributed by atoms with van der Waals surface area (Å²) >= 11 is 3.52. The summed E-state index contributed by atoms with van der Waals surface area (Å²) in [7, 11) is 1.68. The molecule has 79 valence electrons. The Balaban J connectivity index is 2.23. The molecule has 0 bridgehead atoms. The lowest BCUT2D eigenvalue weighted by molar-refractivity contribution is 0.415. The van der Waals surface area contributed by atoms with Gasteiger partial charge >= 0.3 is 0 Å². The fourth-order valence-electron chi connectivity index (χ4n) is 1.92. The van der Waals surface area contributed by atoms with Crippen LogP contribution in [0.2, 0.25) is 0 Å². The lowest BCUT2D eigenvalue weighted by Crippen LogP contribution is -1.84. The van der Waals surface area contributed by atoms with Gasteiger partial charge in [-0.05, 0) is 40.2 Å². The van der Waals surface area contributed by atoms with Crippen LogP contribution in [0.3, 0.4) is 0 Å². The van der Waals surface area contributed by atoms with Crippen molar-refractivity contribution in [2.45, 2.75) is 0 Å². The minimum Gasteiger partial charge on any atom is -0.497 e. The van der Waals surface area contributed by atoms with E-state index in [1.807, 2.05) is 30.3 Å². The number of methoxy groups -OCH3 is 1. The molecule has 1 heterocycles. The van der Waals surface area contributed by atoms with Crippen LogP contribution in [0.5, 0.6) is 5.75 Å². The van der Waals surface area contributed by atoms with Gasteiger partial charge in [0.05, 0.1) is 18.5 Å². The van der Waals surface area contributed by atoms with Crippen molar-refractivity contribution in [2.75, 3.05) is 7.11 Å². The van der Waals surface area contributed by atoms with Crippen LogP contribution in [0.15, 0.2) is 40.9 Å². The molecule has 1 aliphatic heterocycles. The van der Waals surface area contributed by atoms with E-state index in [0.717, 1.165) is 32.7 Å². The summed E-state index contributed by atoms with van der Waals surface area (Å²) in [5.74, 6) is 0.863. The fraction of sp³-hybridized carbons (Fsp3) is 0.0769. The van der Waals surface area contributed by atoms with Gasteiger partial charge in [-0.15, -0.1) is 0 Å². The molecule has 0 saturated heterocycles. The predicted octanol–water partition coefficient (Wildman–Crippen LogP) is 4.01. The molecule has 0 fully saturated rings. The SMILES string of the molecule is COc1ccc2c(c1)-c1cccc(Br)c1[N]2. The average molecular weight is 275 g/mol. The third-order valence-electron chi connectivity index (χ3n) is 2.71. The number of hydrogen-bond acceptors (Lipinski definition) is 1. The smallest absolute Gasteiger partial charge is 0.119 e. The van der Waals surface area contributed by atoms with Gasteiger partial charge in [0.15, 0.2) is 0 Å². The molecular formula is C13H9BrNO. The molecule has 2 aromatic rings. The molecule has 2 aromatic carbocycles. The van der Waals surface area contributed by atoms with Crippen LogP contribution in [0.4, 0.5) is 11.4 Å². The third kappa shape index (κ3) is 1.32. The zero-order valence-electron chi connectivity index (χ0n) is 8.70. The van der Waals surface area contributed by atoms with Crippen LogP contribution >= 0.6 is 15.9 Å². The van der Waals surface area contributed by atoms with Crippen molar-refractivity contribution in [3.63, 3.8) is 0 Å². The molecule has 0 atom stereocenters. The second-order valence-electron chi connectivity index (χ2n) is 3.63. The lowest BCUT2D eigenvalue weighted by atomic mass is 10.1. The van der Waals surface area contributed by atoms with Crippen molar-refractivity contribution in [2.24, 2.45) is 0 Å². The summed E-state index contributed by atoms with van der Waals surface area (Å²) < 4.78 is 6.26. The van der Waals surface area contributed by atoms with Gasteiger partial charge in [0.2, 0.25) is 0 Å². The molecule has 0 amide bonds. The summed E-state index contributed by atoms with van der Waals surface area (Å²) in [6.45, 7) is 0. The highest BCUT2D eigenvalue weighted by Crippen LogP contribution is 2.47. The zero-order chi connectivity index (χ0) is 11.1. The highest BCUT2D eigenvalue weighted by atomic mass is 79.9. The van der Waals surface area contributed by atoms with Crippen molar-refractivity contribution in [1.29, 1.82) is 0 Å². The van der Waals surface area contributed by atoms with Crippen molar-refractivity contribution in [1.82, 2.24) is 5.32 Å². The molecule has 16 heavy (non-hydrogen) atoms. The van der Waals surface area contributed by atoms with Crippen molar-refractivity contribution >= 4 is 27.3 Å². The molecule has 0 N–H and O–H groups in total. The van der Waals surface area contributed by atoms with E-state index in [1.54, 1.807) is 7.11 Å². The second-order valence-corrected chi connectivity index (χ2v) is 4.49. The highest BCUT2D eigenvalue weighted by molar-refractivity contribution is 9.10. The Hall–Kier alpha value is -1.48. The molecule has 1 aliphatic rings.